The Bertz CT molecular complexity index is 1390. The van der Waals surface area contributed by atoms with E-state index in [0.29, 0.717) is 0 Å². The first-order valence-corrected chi connectivity index (χ1v) is 15.6. The predicted octanol–water partition coefficient (Wildman–Crippen LogP) is 4.67. The molecule has 3 aliphatic rings. The Labute approximate surface area is 235 Å². The molecule has 1 atom stereocenters. The van der Waals surface area contributed by atoms with Gasteiger partial charge in [0, 0.05) is 31.6 Å². The van der Waals surface area contributed by atoms with Crippen molar-refractivity contribution >= 4 is 27.0 Å². The number of rotatable bonds is 8. The highest BCUT2D eigenvalue weighted by atomic mass is 32.2. The highest BCUT2D eigenvalue weighted by Gasteiger charge is 2.54. The summed E-state index contributed by atoms with van der Waals surface area (Å²) in [5.74, 6) is -8.02. The minimum Gasteiger partial charge on any atom is -0.381 e. The molecule has 1 aromatic heterocycles. The quantitative estimate of drug-likeness (QED) is 0.425. The maximum absolute atomic E-state index is 16.2. The number of hydrogen-bond acceptors (Lipinski definition) is 5. The van der Waals surface area contributed by atoms with Gasteiger partial charge in [-0.05, 0) is 43.6 Å². The summed E-state index contributed by atoms with van der Waals surface area (Å²) in [6, 6.07) is 1.96. The summed E-state index contributed by atoms with van der Waals surface area (Å²) in [7, 11) is -3.83. The highest BCUT2D eigenvalue weighted by molar-refractivity contribution is 7.89. The van der Waals surface area contributed by atoms with Gasteiger partial charge in [-0.25, -0.2) is 40.1 Å². The number of carbonyl (C=O) groups excluding carboxylic acids is 1. The third kappa shape index (κ3) is 6.10. The van der Waals surface area contributed by atoms with Gasteiger partial charge in [-0.3, -0.25) is 4.79 Å². The zero-order chi connectivity index (χ0) is 29.8. The molecule has 0 spiro atoms. The maximum Gasteiger partial charge on any atom is 0.282 e. The number of carbonyl (C=O) groups is 1. The predicted molar refractivity (Wildman–Crippen MR) is 141 cm³/mol. The van der Waals surface area contributed by atoms with Crippen molar-refractivity contribution in [2.24, 2.45) is 11.8 Å². The van der Waals surface area contributed by atoms with E-state index in [-0.39, 0.29) is 73.0 Å². The number of benzene rings is 1. The van der Waals surface area contributed by atoms with E-state index in [9.17, 15) is 30.8 Å². The van der Waals surface area contributed by atoms with Crippen LogP contribution in [0.3, 0.4) is 0 Å². The topological polar surface area (TPSA) is 104 Å². The number of sulfonamides is 1. The Morgan fingerprint density at radius 1 is 1.10 bits per heavy atom. The largest absolute Gasteiger partial charge is 0.381 e. The summed E-state index contributed by atoms with van der Waals surface area (Å²) in [5, 5.41) is 0. The molecule has 1 amide bonds. The molecule has 0 radical (unpaired) electrons. The van der Waals surface area contributed by atoms with Gasteiger partial charge >= 0.3 is 0 Å². The van der Waals surface area contributed by atoms with Gasteiger partial charge in [0.15, 0.2) is 5.82 Å². The zero-order valence-corrected chi connectivity index (χ0v) is 23.8. The molecule has 0 bridgehead atoms. The summed E-state index contributed by atoms with van der Waals surface area (Å²) in [6.07, 6.45) is -0.513. The standard InChI is InChI=1S/C27H35F5N4O4S/c1-16(2)13-41(38,39)35-21(17-5-7-26(29,30)8-6-17)23-33-19-4-3-18(20(28)22(19)34-23)25(9-11-40-12-10-25)24(37)36-14-27(31,32)15-36/h3-4,16-17,21,35H,5-15H2,1-2H3,(H,33,34). The van der Waals surface area contributed by atoms with Crippen molar-refractivity contribution in [3.05, 3.63) is 29.3 Å². The molecule has 3 fully saturated rings. The lowest BCUT2D eigenvalue weighted by atomic mass is 9.72. The van der Waals surface area contributed by atoms with Crippen molar-refractivity contribution in [2.45, 2.75) is 75.7 Å². The number of nitrogens with zero attached hydrogens (tertiary/aromatic N) is 2. The number of aromatic nitrogens is 2. The van der Waals surface area contributed by atoms with Crippen LogP contribution in [0.5, 0.6) is 0 Å². The van der Waals surface area contributed by atoms with E-state index < -0.39 is 76.9 Å². The van der Waals surface area contributed by atoms with E-state index in [0.717, 1.165) is 4.90 Å². The molecule has 41 heavy (non-hydrogen) atoms. The molecule has 1 aliphatic carbocycles. The smallest absolute Gasteiger partial charge is 0.282 e. The molecule has 14 heteroatoms. The average Bonchev–Trinajstić information content (AvgIpc) is 3.31. The Morgan fingerprint density at radius 2 is 1.73 bits per heavy atom. The Balaban J connectivity index is 1.52. The molecule has 8 nitrogen and oxygen atoms in total. The number of alkyl halides is 4. The van der Waals surface area contributed by atoms with E-state index in [1.165, 1.54) is 12.1 Å². The van der Waals surface area contributed by atoms with Crippen LogP contribution in [0.15, 0.2) is 12.1 Å². The van der Waals surface area contributed by atoms with Gasteiger partial charge in [0.05, 0.1) is 35.8 Å². The van der Waals surface area contributed by atoms with Crippen LogP contribution in [0.2, 0.25) is 0 Å². The number of imidazole rings is 1. The number of amides is 1. The minimum atomic E-state index is -3.83. The second kappa shape index (κ2) is 10.7. The number of aromatic amines is 1. The number of halogens is 5. The van der Waals surface area contributed by atoms with Crippen LogP contribution in [0.1, 0.15) is 69.8 Å². The van der Waals surface area contributed by atoms with Gasteiger partial charge in [0.1, 0.15) is 11.3 Å². The minimum absolute atomic E-state index is 0.0146. The third-order valence-electron chi connectivity index (χ3n) is 8.40. The van der Waals surface area contributed by atoms with Crippen molar-refractivity contribution in [1.82, 2.24) is 19.6 Å². The molecule has 2 N–H and O–H groups in total. The molecule has 5 rings (SSSR count). The second-order valence-corrected chi connectivity index (χ2v) is 13.9. The first-order valence-electron chi connectivity index (χ1n) is 13.9. The monoisotopic (exact) mass is 606 g/mol. The SMILES string of the molecule is CC(C)CS(=O)(=O)NC(c1nc2c(F)c(C3(C(=O)N4CC(F)(F)C4)CCOCC3)ccc2[nH]1)C1CCC(F)(F)CC1. The van der Waals surface area contributed by atoms with Crippen molar-refractivity contribution in [2.75, 3.05) is 32.1 Å². The van der Waals surface area contributed by atoms with Crippen LogP contribution >= 0.6 is 0 Å². The van der Waals surface area contributed by atoms with Gasteiger partial charge in [0.25, 0.3) is 5.92 Å². The number of ether oxygens (including phenoxy) is 1. The Hall–Kier alpha value is -2.32. The van der Waals surface area contributed by atoms with Gasteiger partial charge in [-0.1, -0.05) is 19.9 Å². The first-order chi connectivity index (χ1) is 19.1. The van der Waals surface area contributed by atoms with Crippen LogP contribution < -0.4 is 4.72 Å². The van der Waals surface area contributed by atoms with Crippen LogP contribution in [0.4, 0.5) is 22.0 Å². The highest BCUT2D eigenvalue weighted by Crippen LogP contribution is 2.44. The molecule has 2 saturated heterocycles. The number of nitrogens with one attached hydrogen (secondary N) is 2. The summed E-state index contributed by atoms with van der Waals surface area (Å²) >= 11 is 0. The summed E-state index contributed by atoms with van der Waals surface area (Å²) < 4.78 is 105. The lowest BCUT2D eigenvalue weighted by Gasteiger charge is -2.46. The van der Waals surface area contributed by atoms with Crippen molar-refractivity contribution in [3.63, 3.8) is 0 Å². The maximum atomic E-state index is 16.2. The fourth-order valence-electron chi connectivity index (χ4n) is 6.31. The van der Waals surface area contributed by atoms with Gasteiger partial charge < -0.3 is 14.6 Å². The number of likely N-dealkylation sites (tertiary alicyclic amines) is 1. The van der Waals surface area contributed by atoms with Crippen molar-refractivity contribution in [3.8, 4) is 0 Å². The normalized spacial score (nSPS) is 23.5. The molecule has 1 aromatic carbocycles. The fraction of sp³-hybridized carbons (Fsp3) is 0.704. The van der Waals surface area contributed by atoms with Crippen molar-refractivity contribution < 1.29 is 39.9 Å². The number of H-pyrrole nitrogens is 1. The molecular formula is C27H35F5N4O4S. The molecule has 1 saturated carbocycles. The lowest BCUT2D eigenvalue weighted by molar-refractivity contribution is -0.174. The van der Waals surface area contributed by atoms with E-state index in [2.05, 4.69) is 14.7 Å². The average molecular weight is 607 g/mol. The summed E-state index contributed by atoms with van der Waals surface area (Å²) in [5.41, 5.74) is -1.31. The zero-order valence-electron chi connectivity index (χ0n) is 23.0. The second-order valence-electron chi connectivity index (χ2n) is 12.1. The fourth-order valence-corrected chi connectivity index (χ4v) is 7.97. The van der Waals surface area contributed by atoms with Crippen LogP contribution in [-0.4, -0.2) is 73.1 Å². The van der Waals surface area contributed by atoms with Crippen molar-refractivity contribution in [1.29, 1.82) is 0 Å². The molecule has 3 heterocycles. The van der Waals surface area contributed by atoms with Crippen LogP contribution in [0, 0.1) is 17.7 Å². The molecule has 2 aliphatic heterocycles. The lowest BCUT2D eigenvalue weighted by Crippen LogP contribution is -2.63. The first kappa shape index (κ1) is 30.1. The van der Waals surface area contributed by atoms with Crippen LogP contribution in [0.25, 0.3) is 11.0 Å². The van der Waals surface area contributed by atoms with E-state index in [4.69, 9.17) is 4.74 Å². The molecular weight excluding hydrogens is 571 g/mol. The number of fused-ring (bicyclic) bond motifs is 1. The summed E-state index contributed by atoms with van der Waals surface area (Å²) in [4.78, 5) is 21.9. The van der Waals surface area contributed by atoms with Gasteiger partial charge in [-0.2, -0.15) is 0 Å². The van der Waals surface area contributed by atoms with E-state index in [1.807, 2.05) is 0 Å². The van der Waals surface area contributed by atoms with E-state index >= 15 is 4.39 Å². The summed E-state index contributed by atoms with van der Waals surface area (Å²) in [6.45, 7) is 2.30. The Kier molecular flexibility index (Phi) is 7.90. The number of hydrogen-bond donors (Lipinski definition) is 2. The molecule has 1 unspecified atom stereocenters. The van der Waals surface area contributed by atoms with Gasteiger partial charge in [-0.15, -0.1) is 0 Å². The van der Waals surface area contributed by atoms with Crippen LogP contribution in [-0.2, 0) is 25.0 Å². The van der Waals surface area contributed by atoms with Gasteiger partial charge in [0.2, 0.25) is 21.9 Å². The Morgan fingerprint density at radius 3 is 2.32 bits per heavy atom. The molecule has 228 valence electrons. The van der Waals surface area contributed by atoms with E-state index in [1.54, 1.807) is 13.8 Å². The third-order valence-corrected chi connectivity index (χ3v) is 10.1. The molecule has 2 aromatic rings.